The van der Waals surface area contributed by atoms with Gasteiger partial charge in [0.15, 0.2) is 0 Å². The van der Waals surface area contributed by atoms with Crippen molar-refractivity contribution in [2.45, 2.75) is 19.9 Å². The molecule has 6 nitrogen and oxygen atoms in total. The van der Waals surface area contributed by atoms with Crippen LogP contribution < -0.4 is 14.8 Å². The van der Waals surface area contributed by atoms with Crippen molar-refractivity contribution in [3.8, 4) is 11.5 Å². The number of imidazole rings is 1. The van der Waals surface area contributed by atoms with Gasteiger partial charge in [-0.15, -0.1) is 0 Å². The summed E-state index contributed by atoms with van der Waals surface area (Å²) >= 11 is 0. The number of fused-ring (bicyclic) bond motifs is 1. The molecule has 6 heteroatoms. The first kappa shape index (κ1) is 15.4. The first-order valence-corrected chi connectivity index (χ1v) is 7.78. The van der Waals surface area contributed by atoms with E-state index >= 15 is 0 Å². The minimum Gasteiger partial charge on any atom is -0.494 e. The lowest BCUT2D eigenvalue weighted by Crippen LogP contribution is -2.37. The molecule has 23 heavy (non-hydrogen) atoms. The molecule has 0 spiro atoms. The molecule has 1 amide bonds. The standard InChI is InChI=1S/C17H21N3O3/c1-3-22-15-4-5-16-12(7-15)6-13(10-23-16)17(21)19-9-14-8-18-11-20(14)2/h4-5,7-8,11,13H,3,6,9-10H2,1-2H3,(H,19,21). The van der Waals surface area contributed by atoms with Crippen molar-refractivity contribution in [1.29, 1.82) is 0 Å². The van der Waals surface area contributed by atoms with Crippen LogP contribution in [0.4, 0.5) is 0 Å². The SMILES string of the molecule is CCOc1ccc2c(c1)CC(C(=O)NCc1cncn1C)CO2. The zero-order valence-electron chi connectivity index (χ0n) is 13.4. The molecule has 1 aromatic carbocycles. The van der Waals surface area contributed by atoms with Crippen LogP contribution in [0.3, 0.4) is 0 Å². The van der Waals surface area contributed by atoms with Gasteiger partial charge in [0.05, 0.1) is 31.1 Å². The van der Waals surface area contributed by atoms with E-state index in [1.165, 1.54) is 0 Å². The lowest BCUT2D eigenvalue weighted by atomic mass is 9.96. The Kier molecular flexibility index (Phi) is 4.50. The molecule has 0 fully saturated rings. The number of aromatic nitrogens is 2. The summed E-state index contributed by atoms with van der Waals surface area (Å²) in [5.74, 6) is 1.46. The quantitative estimate of drug-likeness (QED) is 0.912. The Balaban J connectivity index is 1.62. The predicted molar refractivity (Wildman–Crippen MR) is 85.4 cm³/mol. The highest BCUT2D eigenvalue weighted by molar-refractivity contribution is 5.79. The zero-order valence-corrected chi connectivity index (χ0v) is 13.4. The average molecular weight is 315 g/mol. The lowest BCUT2D eigenvalue weighted by molar-refractivity contribution is -0.126. The normalized spacial score (nSPS) is 16.3. The third kappa shape index (κ3) is 3.47. The van der Waals surface area contributed by atoms with Crippen molar-refractivity contribution < 1.29 is 14.3 Å². The minimum atomic E-state index is -0.187. The summed E-state index contributed by atoms with van der Waals surface area (Å²) in [4.78, 5) is 16.4. The molecular formula is C17H21N3O3. The Bertz CT molecular complexity index is 696. The predicted octanol–water partition coefficient (Wildman–Crippen LogP) is 1.69. The highest BCUT2D eigenvalue weighted by Gasteiger charge is 2.26. The van der Waals surface area contributed by atoms with Crippen LogP contribution in [0.5, 0.6) is 11.5 Å². The van der Waals surface area contributed by atoms with Crippen molar-refractivity contribution in [2.75, 3.05) is 13.2 Å². The number of carbonyl (C=O) groups excluding carboxylic acids is 1. The number of nitrogens with zero attached hydrogens (tertiary/aromatic N) is 2. The molecule has 1 unspecified atom stereocenters. The summed E-state index contributed by atoms with van der Waals surface area (Å²) in [5.41, 5.74) is 1.98. The second-order valence-electron chi connectivity index (χ2n) is 5.63. The molecule has 1 aliphatic rings. The van der Waals surface area contributed by atoms with E-state index in [2.05, 4.69) is 10.3 Å². The first-order chi connectivity index (χ1) is 11.2. The van der Waals surface area contributed by atoms with Crippen LogP contribution >= 0.6 is 0 Å². The van der Waals surface area contributed by atoms with Gasteiger partial charge in [-0.2, -0.15) is 0 Å². The summed E-state index contributed by atoms with van der Waals surface area (Å²) in [6, 6.07) is 5.76. The molecule has 0 saturated carbocycles. The molecule has 0 aliphatic carbocycles. The molecule has 2 heterocycles. The topological polar surface area (TPSA) is 65.4 Å². The van der Waals surface area contributed by atoms with Crippen molar-refractivity contribution in [3.63, 3.8) is 0 Å². The van der Waals surface area contributed by atoms with Gasteiger partial charge in [0.2, 0.25) is 5.91 Å². The van der Waals surface area contributed by atoms with Gasteiger partial charge in [-0.1, -0.05) is 0 Å². The van der Waals surface area contributed by atoms with Crippen LogP contribution in [0, 0.1) is 5.92 Å². The number of nitrogens with one attached hydrogen (secondary N) is 1. The summed E-state index contributed by atoms with van der Waals surface area (Å²) < 4.78 is 13.1. The molecule has 1 atom stereocenters. The fourth-order valence-electron chi connectivity index (χ4n) is 2.67. The van der Waals surface area contributed by atoms with Crippen molar-refractivity contribution in [1.82, 2.24) is 14.9 Å². The Labute approximate surface area is 135 Å². The summed E-state index contributed by atoms with van der Waals surface area (Å²) in [5, 5.41) is 2.96. The first-order valence-electron chi connectivity index (χ1n) is 7.78. The second-order valence-corrected chi connectivity index (χ2v) is 5.63. The Morgan fingerprint density at radius 1 is 1.52 bits per heavy atom. The maximum Gasteiger partial charge on any atom is 0.227 e. The largest absolute Gasteiger partial charge is 0.494 e. The number of benzene rings is 1. The van der Waals surface area contributed by atoms with Crippen LogP contribution in [0.2, 0.25) is 0 Å². The highest BCUT2D eigenvalue weighted by Crippen LogP contribution is 2.30. The summed E-state index contributed by atoms with van der Waals surface area (Å²) in [6.45, 7) is 3.44. The van der Waals surface area contributed by atoms with Crippen LogP contribution in [0.1, 0.15) is 18.2 Å². The average Bonchev–Trinajstić information content (AvgIpc) is 2.97. The van der Waals surface area contributed by atoms with E-state index < -0.39 is 0 Å². The molecule has 1 aromatic heterocycles. The Morgan fingerprint density at radius 3 is 3.13 bits per heavy atom. The highest BCUT2D eigenvalue weighted by atomic mass is 16.5. The van der Waals surface area contributed by atoms with E-state index in [1.54, 1.807) is 12.5 Å². The van der Waals surface area contributed by atoms with E-state index in [0.717, 1.165) is 22.8 Å². The number of rotatable bonds is 5. The van der Waals surface area contributed by atoms with E-state index in [1.807, 2.05) is 36.7 Å². The zero-order chi connectivity index (χ0) is 16.2. The number of carbonyl (C=O) groups is 1. The van der Waals surface area contributed by atoms with E-state index in [9.17, 15) is 4.79 Å². The molecule has 0 bridgehead atoms. The van der Waals surface area contributed by atoms with Gasteiger partial charge in [-0.05, 0) is 37.1 Å². The van der Waals surface area contributed by atoms with Gasteiger partial charge in [-0.3, -0.25) is 4.79 Å². The molecule has 1 aliphatic heterocycles. The third-order valence-electron chi connectivity index (χ3n) is 3.98. The Morgan fingerprint density at radius 2 is 2.39 bits per heavy atom. The van der Waals surface area contributed by atoms with Crippen LogP contribution in [0.25, 0.3) is 0 Å². The summed E-state index contributed by atoms with van der Waals surface area (Å²) in [7, 11) is 1.91. The smallest absolute Gasteiger partial charge is 0.227 e. The third-order valence-corrected chi connectivity index (χ3v) is 3.98. The van der Waals surface area contributed by atoms with Gasteiger partial charge in [-0.25, -0.2) is 4.98 Å². The maximum atomic E-state index is 12.4. The van der Waals surface area contributed by atoms with Gasteiger partial charge in [0.1, 0.15) is 18.1 Å². The van der Waals surface area contributed by atoms with Gasteiger partial charge < -0.3 is 19.4 Å². The van der Waals surface area contributed by atoms with Gasteiger partial charge in [0.25, 0.3) is 0 Å². The van der Waals surface area contributed by atoms with Crippen LogP contribution in [0.15, 0.2) is 30.7 Å². The van der Waals surface area contributed by atoms with E-state index in [4.69, 9.17) is 9.47 Å². The second kappa shape index (κ2) is 6.73. The molecule has 0 radical (unpaired) electrons. The fraction of sp³-hybridized carbons (Fsp3) is 0.412. The molecule has 122 valence electrons. The number of hydrogen-bond acceptors (Lipinski definition) is 4. The number of ether oxygens (including phenoxy) is 2. The van der Waals surface area contributed by atoms with Crippen LogP contribution in [-0.2, 0) is 24.8 Å². The number of hydrogen-bond donors (Lipinski definition) is 1. The molecule has 1 N–H and O–H groups in total. The van der Waals surface area contributed by atoms with Gasteiger partial charge in [0, 0.05) is 13.2 Å². The molecule has 3 rings (SSSR count). The van der Waals surface area contributed by atoms with Crippen molar-refractivity contribution >= 4 is 5.91 Å². The fourth-order valence-corrected chi connectivity index (χ4v) is 2.67. The van der Waals surface area contributed by atoms with E-state index in [0.29, 0.717) is 26.2 Å². The number of amides is 1. The van der Waals surface area contributed by atoms with Crippen molar-refractivity contribution in [3.05, 3.63) is 42.0 Å². The summed E-state index contributed by atoms with van der Waals surface area (Å²) in [6.07, 6.45) is 4.13. The monoisotopic (exact) mass is 315 g/mol. The maximum absolute atomic E-state index is 12.4. The minimum absolute atomic E-state index is 0.00124. The lowest BCUT2D eigenvalue weighted by Gasteiger charge is -2.25. The number of aryl methyl sites for hydroxylation is 1. The molecule has 2 aromatic rings. The van der Waals surface area contributed by atoms with Gasteiger partial charge >= 0.3 is 0 Å². The molecular weight excluding hydrogens is 294 g/mol. The molecule has 0 saturated heterocycles. The van der Waals surface area contributed by atoms with Crippen LogP contribution in [-0.4, -0.2) is 28.7 Å². The van der Waals surface area contributed by atoms with Crippen molar-refractivity contribution in [2.24, 2.45) is 13.0 Å². The Hall–Kier alpha value is -2.50. The van der Waals surface area contributed by atoms with E-state index in [-0.39, 0.29) is 11.8 Å².